The van der Waals surface area contributed by atoms with Crippen LogP contribution in [0.25, 0.3) is 0 Å². The molecule has 3 N–H and O–H groups in total. The number of anilines is 2. The molecule has 0 radical (unpaired) electrons. The molecule has 0 spiro atoms. The minimum atomic E-state index is -3.72. The first kappa shape index (κ1) is 14.5. The van der Waals surface area contributed by atoms with Crippen molar-refractivity contribution in [3.05, 3.63) is 47.5 Å². The van der Waals surface area contributed by atoms with Crippen LogP contribution in [0, 0.1) is 0 Å². The molecule has 0 aliphatic heterocycles. The number of hydrogen-bond donors (Lipinski definition) is 2. The highest BCUT2D eigenvalue weighted by Gasteiger charge is 2.15. The summed E-state index contributed by atoms with van der Waals surface area (Å²) >= 11 is 5.82. The lowest BCUT2D eigenvalue weighted by Gasteiger charge is -2.11. The molecular weight excluding hydrogens is 300 g/mol. The molecular formula is C13H13ClN2O3S. The predicted molar refractivity (Wildman–Crippen MR) is 79.7 cm³/mol. The van der Waals surface area contributed by atoms with Crippen molar-refractivity contribution in [1.29, 1.82) is 0 Å². The molecule has 2 aromatic carbocycles. The topological polar surface area (TPSA) is 81.4 Å². The second-order valence-corrected chi connectivity index (χ2v) is 6.13. The monoisotopic (exact) mass is 312 g/mol. The van der Waals surface area contributed by atoms with Gasteiger partial charge in [-0.3, -0.25) is 4.72 Å². The SMILES string of the molecule is COc1ccc(S(=O)(=O)Nc2cc(Cl)ccc2N)cc1. The Morgan fingerprint density at radius 3 is 2.40 bits per heavy atom. The lowest BCUT2D eigenvalue weighted by atomic mass is 10.3. The molecule has 0 aromatic heterocycles. The first-order chi connectivity index (χ1) is 9.42. The van der Waals surface area contributed by atoms with E-state index in [9.17, 15) is 8.42 Å². The summed E-state index contributed by atoms with van der Waals surface area (Å²) in [6.45, 7) is 0. The molecule has 0 saturated carbocycles. The zero-order valence-electron chi connectivity index (χ0n) is 10.6. The Kier molecular flexibility index (Phi) is 4.06. The van der Waals surface area contributed by atoms with E-state index in [1.807, 2.05) is 0 Å². The van der Waals surface area contributed by atoms with Gasteiger partial charge in [0.25, 0.3) is 10.0 Å². The van der Waals surface area contributed by atoms with E-state index in [1.54, 1.807) is 18.2 Å². The van der Waals surface area contributed by atoms with Crippen molar-refractivity contribution in [3.8, 4) is 5.75 Å². The number of nitrogen functional groups attached to an aromatic ring is 1. The van der Waals surface area contributed by atoms with Gasteiger partial charge in [-0.25, -0.2) is 8.42 Å². The van der Waals surface area contributed by atoms with Gasteiger partial charge < -0.3 is 10.5 Å². The van der Waals surface area contributed by atoms with Crippen LogP contribution in [0.2, 0.25) is 5.02 Å². The molecule has 0 bridgehead atoms. The summed E-state index contributed by atoms with van der Waals surface area (Å²) in [5.74, 6) is 0.575. The van der Waals surface area contributed by atoms with Gasteiger partial charge >= 0.3 is 0 Å². The van der Waals surface area contributed by atoms with E-state index in [0.29, 0.717) is 16.5 Å². The number of hydrogen-bond acceptors (Lipinski definition) is 4. The van der Waals surface area contributed by atoms with Crippen LogP contribution in [0.5, 0.6) is 5.75 Å². The van der Waals surface area contributed by atoms with Crippen molar-refractivity contribution in [1.82, 2.24) is 0 Å². The maximum absolute atomic E-state index is 12.2. The largest absolute Gasteiger partial charge is 0.497 e. The molecule has 5 nitrogen and oxygen atoms in total. The normalized spacial score (nSPS) is 11.1. The van der Waals surface area contributed by atoms with E-state index in [2.05, 4.69) is 4.72 Å². The lowest BCUT2D eigenvalue weighted by Crippen LogP contribution is -2.14. The van der Waals surface area contributed by atoms with Crippen LogP contribution in [0.1, 0.15) is 0 Å². The van der Waals surface area contributed by atoms with Crippen LogP contribution >= 0.6 is 11.6 Å². The van der Waals surface area contributed by atoms with Gasteiger partial charge in [0.15, 0.2) is 0 Å². The van der Waals surface area contributed by atoms with E-state index in [-0.39, 0.29) is 10.6 Å². The van der Waals surface area contributed by atoms with Gasteiger partial charge in [-0.1, -0.05) is 11.6 Å². The summed E-state index contributed by atoms with van der Waals surface area (Å²) in [6, 6.07) is 10.6. The van der Waals surface area contributed by atoms with Crippen molar-refractivity contribution < 1.29 is 13.2 Å². The van der Waals surface area contributed by atoms with Crippen molar-refractivity contribution >= 4 is 33.0 Å². The number of nitrogens with two attached hydrogens (primary N) is 1. The van der Waals surface area contributed by atoms with Crippen molar-refractivity contribution in [2.24, 2.45) is 0 Å². The van der Waals surface area contributed by atoms with Crippen LogP contribution in [0.4, 0.5) is 11.4 Å². The van der Waals surface area contributed by atoms with Gasteiger partial charge in [-0.2, -0.15) is 0 Å². The van der Waals surface area contributed by atoms with Crippen LogP contribution in [-0.2, 0) is 10.0 Å². The van der Waals surface area contributed by atoms with Crippen LogP contribution < -0.4 is 15.2 Å². The van der Waals surface area contributed by atoms with Gasteiger partial charge in [0, 0.05) is 5.02 Å². The summed E-state index contributed by atoms with van der Waals surface area (Å²) in [7, 11) is -2.21. The number of nitrogens with one attached hydrogen (secondary N) is 1. The number of sulfonamides is 1. The highest BCUT2D eigenvalue weighted by molar-refractivity contribution is 7.92. The second-order valence-electron chi connectivity index (χ2n) is 4.01. The van der Waals surface area contributed by atoms with Gasteiger partial charge in [-0.05, 0) is 42.5 Å². The number of ether oxygens (including phenoxy) is 1. The number of rotatable bonds is 4. The molecule has 0 heterocycles. The Bertz CT molecular complexity index is 715. The zero-order valence-corrected chi connectivity index (χ0v) is 12.2. The van der Waals surface area contributed by atoms with E-state index in [1.165, 1.54) is 31.4 Å². The maximum Gasteiger partial charge on any atom is 0.261 e. The quantitative estimate of drug-likeness (QED) is 0.851. The molecule has 0 aliphatic carbocycles. The molecule has 2 rings (SSSR count). The van der Waals surface area contributed by atoms with E-state index >= 15 is 0 Å². The summed E-state index contributed by atoms with van der Waals surface area (Å²) in [5.41, 5.74) is 6.26. The summed E-state index contributed by atoms with van der Waals surface area (Å²) in [5, 5.41) is 0.395. The molecule has 106 valence electrons. The zero-order chi connectivity index (χ0) is 14.8. The average Bonchev–Trinajstić information content (AvgIpc) is 2.43. The first-order valence-corrected chi connectivity index (χ1v) is 7.50. The van der Waals surface area contributed by atoms with E-state index in [4.69, 9.17) is 22.1 Å². The minimum absolute atomic E-state index is 0.109. The van der Waals surface area contributed by atoms with Gasteiger partial charge in [0.05, 0.1) is 23.4 Å². The third kappa shape index (κ3) is 3.15. The Hall–Kier alpha value is -1.92. The Balaban J connectivity index is 2.32. The Labute approximate surface area is 122 Å². The third-order valence-corrected chi connectivity index (χ3v) is 4.25. The number of benzene rings is 2. The van der Waals surface area contributed by atoms with E-state index < -0.39 is 10.0 Å². The van der Waals surface area contributed by atoms with Gasteiger partial charge in [0.2, 0.25) is 0 Å². The number of methoxy groups -OCH3 is 1. The summed E-state index contributed by atoms with van der Waals surface area (Å²) in [4.78, 5) is 0.109. The fraction of sp³-hybridized carbons (Fsp3) is 0.0769. The standard InChI is InChI=1S/C13H13ClN2O3S/c1-19-10-3-5-11(6-4-10)20(17,18)16-13-8-9(14)2-7-12(13)15/h2-8,16H,15H2,1H3. The summed E-state index contributed by atoms with van der Waals surface area (Å²) in [6.07, 6.45) is 0. The molecule has 0 atom stereocenters. The smallest absolute Gasteiger partial charge is 0.261 e. The van der Waals surface area contributed by atoms with Crippen molar-refractivity contribution in [2.75, 3.05) is 17.6 Å². The lowest BCUT2D eigenvalue weighted by molar-refractivity contribution is 0.414. The molecule has 0 amide bonds. The van der Waals surface area contributed by atoms with Crippen LogP contribution in [-0.4, -0.2) is 15.5 Å². The van der Waals surface area contributed by atoms with Crippen molar-refractivity contribution in [3.63, 3.8) is 0 Å². The van der Waals surface area contributed by atoms with Crippen molar-refractivity contribution in [2.45, 2.75) is 4.90 Å². The maximum atomic E-state index is 12.2. The number of halogens is 1. The molecule has 0 fully saturated rings. The minimum Gasteiger partial charge on any atom is -0.497 e. The fourth-order valence-electron chi connectivity index (χ4n) is 1.58. The Morgan fingerprint density at radius 2 is 1.80 bits per heavy atom. The van der Waals surface area contributed by atoms with Gasteiger partial charge in [-0.15, -0.1) is 0 Å². The second kappa shape index (κ2) is 5.60. The highest BCUT2D eigenvalue weighted by atomic mass is 35.5. The van der Waals surface area contributed by atoms with Crippen LogP contribution in [0.3, 0.4) is 0 Å². The first-order valence-electron chi connectivity index (χ1n) is 5.64. The highest BCUT2D eigenvalue weighted by Crippen LogP contribution is 2.26. The Morgan fingerprint density at radius 1 is 1.15 bits per heavy atom. The molecule has 0 unspecified atom stereocenters. The van der Waals surface area contributed by atoms with Crippen LogP contribution in [0.15, 0.2) is 47.4 Å². The van der Waals surface area contributed by atoms with E-state index in [0.717, 1.165) is 0 Å². The average molecular weight is 313 g/mol. The predicted octanol–water partition coefficient (Wildman–Crippen LogP) is 2.73. The molecule has 20 heavy (non-hydrogen) atoms. The molecule has 7 heteroatoms. The third-order valence-electron chi connectivity index (χ3n) is 2.63. The van der Waals surface area contributed by atoms with Gasteiger partial charge in [0.1, 0.15) is 5.75 Å². The molecule has 0 aliphatic rings. The molecule has 0 saturated heterocycles. The molecule has 2 aromatic rings. The fourth-order valence-corrected chi connectivity index (χ4v) is 2.83. The summed E-state index contributed by atoms with van der Waals surface area (Å²) < 4.78 is 31.8.